The van der Waals surface area contributed by atoms with E-state index < -0.39 is 0 Å². The van der Waals surface area contributed by atoms with Crippen molar-refractivity contribution in [1.82, 2.24) is 0 Å². The van der Waals surface area contributed by atoms with E-state index in [2.05, 4.69) is 31.9 Å². The normalized spacial score (nSPS) is 9.55. The Morgan fingerprint density at radius 3 is 2.64 bits per heavy atom. The number of phenolic OH excluding ortho intramolecular Hbond substituents is 1. The molecule has 0 amide bonds. The number of benzene rings is 1. The summed E-state index contributed by atoms with van der Waals surface area (Å²) in [6.07, 6.45) is 0. The molecule has 0 aliphatic heterocycles. The molecule has 0 spiro atoms. The Labute approximate surface area is 81.1 Å². The monoisotopic (exact) mass is 278 g/mol. The van der Waals surface area contributed by atoms with E-state index >= 15 is 0 Å². The Balaban J connectivity index is 3.15. The van der Waals surface area contributed by atoms with Crippen molar-refractivity contribution in [2.75, 3.05) is 0 Å². The molecule has 57 valence electrons. The van der Waals surface area contributed by atoms with Gasteiger partial charge >= 0.3 is 81.1 Å². The van der Waals surface area contributed by atoms with Crippen molar-refractivity contribution < 1.29 is 5.11 Å². The first-order valence-corrected chi connectivity index (χ1v) is 4.50. The second-order valence-electron chi connectivity index (χ2n) is 2.00. The van der Waals surface area contributed by atoms with Gasteiger partial charge in [-0.1, -0.05) is 0 Å². The molecule has 0 saturated heterocycles. The summed E-state index contributed by atoms with van der Waals surface area (Å²) in [5.41, 5.74) is 0.759. The van der Waals surface area contributed by atoms with E-state index in [0.29, 0.717) is 9.08 Å². The van der Waals surface area contributed by atoms with Gasteiger partial charge in [0, 0.05) is 0 Å². The molecule has 2 nitrogen and oxygen atoms in total. The fourth-order valence-electron chi connectivity index (χ4n) is 0.648. The first kappa shape index (κ1) is 8.78. The van der Waals surface area contributed by atoms with Crippen LogP contribution in [0, 0.1) is 5.41 Å². The summed E-state index contributed by atoms with van der Waals surface area (Å²) in [4.78, 5) is 0. The van der Waals surface area contributed by atoms with Crippen LogP contribution in [-0.2, 0) is 0 Å². The predicted octanol–water partition coefficient (Wildman–Crippen LogP) is 1.65. The van der Waals surface area contributed by atoms with Gasteiger partial charge in [0.1, 0.15) is 0 Å². The number of rotatable bonds is 1. The molecule has 0 aliphatic carbocycles. The molecule has 4 heteroatoms. The quantitative estimate of drug-likeness (QED) is 0.595. The van der Waals surface area contributed by atoms with Gasteiger partial charge in [-0.2, -0.15) is 0 Å². The van der Waals surface area contributed by atoms with Crippen LogP contribution in [0.4, 0.5) is 0 Å². The number of halogens is 1. The molecule has 1 rings (SSSR count). The molecule has 1 radical (unpaired) electrons. The maximum atomic E-state index is 9.10. The van der Waals surface area contributed by atoms with Crippen LogP contribution in [-0.4, -0.2) is 25.7 Å². The molecule has 0 aliphatic rings. The van der Waals surface area contributed by atoms with Crippen molar-refractivity contribution in [3.63, 3.8) is 0 Å². The van der Waals surface area contributed by atoms with Crippen molar-refractivity contribution in [3.05, 3.63) is 28.2 Å². The van der Waals surface area contributed by atoms with Crippen LogP contribution in [0.1, 0.15) is 5.56 Å². The Bertz CT molecular complexity index is 300. The number of phenols is 1. The summed E-state index contributed by atoms with van der Waals surface area (Å²) in [6, 6.07) is 4.92. The van der Waals surface area contributed by atoms with Gasteiger partial charge in [-0.3, -0.25) is 0 Å². The van der Waals surface area contributed by atoms with Gasteiger partial charge in [0.25, 0.3) is 0 Å². The average molecular weight is 278 g/mol. The van der Waals surface area contributed by atoms with Crippen LogP contribution in [0.2, 0.25) is 0 Å². The molecule has 0 aromatic heterocycles. The fourth-order valence-corrected chi connectivity index (χ4v) is 1.29. The molecule has 0 unspecified atom stereocenters. The van der Waals surface area contributed by atoms with Crippen molar-refractivity contribution in [1.29, 1.82) is 5.41 Å². The summed E-state index contributed by atoms with van der Waals surface area (Å²) in [5.74, 6) is 0.190. The molecule has 0 fully saturated rings. The van der Waals surface area contributed by atoms with Crippen molar-refractivity contribution in [3.8, 4) is 5.75 Å². The van der Waals surface area contributed by atoms with E-state index in [9.17, 15) is 0 Å². The van der Waals surface area contributed by atoms with Crippen molar-refractivity contribution >= 4 is 36.6 Å². The summed E-state index contributed by atoms with van der Waals surface area (Å²) in [6.45, 7) is 0. The van der Waals surface area contributed by atoms with Crippen LogP contribution in [0.5, 0.6) is 5.75 Å². The molecule has 0 bridgehead atoms. The third kappa shape index (κ3) is 2.06. The van der Waals surface area contributed by atoms with Crippen molar-refractivity contribution in [2.45, 2.75) is 0 Å². The third-order valence-corrected chi connectivity index (χ3v) is 2.34. The molecule has 1 aromatic carbocycles. The van der Waals surface area contributed by atoms with Crippen LogP contribution in [0.3, 0.4) is 0 Å². The van der Waals surface area contributed by atoms with Gasteiger partial charge in [0.05, 0.1) is 0 Å². The van der Waals surface area contributed by atoms with E-state index in [0.717, 1.165) is 5.56 Å². The summed E-state index contributed by atoms with van der Waals surface area (Å²) in [7, 11) is 0. The molecule has 0 atom stereocenters. The minimum absolute atomic E-state index is 0.190. The van der Waals surface area contributed by atoms with E-state index in [1.54, 1.807) is 18.2 Å². The fraction of sp³-hybridized carbons (Fsp3) is 0. The number of nitrogens with one attached hydrogen (secondary N) is 1. The van der Waals surface area contributed by atoms with Gasteiger partial charge in [-0.25, -0.2) is 0 Å². The van der Waals surface area contributed by atoms with Gasteiger partial charge in [-0.15, -0.1) is 0 Å². The SMILES string of the molecule is N=C([Se])c1ccc(O)c(Br)c1. The van der Waals surface area contributed by atoms with Gasteiger partial charge < -0.3 is 0 Å². The van der Waals surface area contributed by atoms with E-state index in [-0.39, 0.29) is 5.75 Å². The Kier molecular flexibility index (Phi) is 2.71. The number of hydrogen-bond acceptors (Lipinski definition) is 2. The summed E-state index contributed by atoms with van der Waals surface area (Å²) in [5, 5.41) is 16.3. The third-order valence-electron chi connectivity index (χ3n) is 1.21. The van der Waals surface area contributed by atoms with Gasteiger partial charge in [0.15, 0.2) is 0 Å². The molecular formula is C7H5BrNOSe. The first-order valence-electron chi connectivity index (χ1n) is 2.85. The van der Waals surface area contributed by atoms with Crippen LogP contribution >= 0.6 is 15.9 Å². The Hall–Kier alpha value is -0.311. The molecular weight excluding hydrogens is 273 g/mol. The minimum atomic E-state index is 0.190. The summed E-state index contributed by atoms with van der Waals surface area (Å²) >= 11 is 5.74. The second-order valence-corrected chi connectivity index (χ2v) is 3.71. The van der Waals surface area contributed by atoms with E-state index in [1.165, 1.54) is 0 Å². The van der Waals surface area contributed by atoms with E-state index in [1.807, 2.05) is 0 Å². The molecule has 0 saturated carbocycles. The zero-order valence-electron chi connectivity index (χ0n) is 5.47. The van der Waals surface area contributed by atoms with Crippen LogP contribution in [0.25, 0.3) is 0 Å². The topological polar surface area (TPSA) is 44.1 Å². The van der Waals surface area contributed by atoms with Crippen LogP contribution in [0.15, 0.2) is 22.7 Å². The van der Waals surface area contributed by atoms with Crippen LogP contribution < -0.4 is 0 Å². The summed E-state index contributed by atoms with van der Waals surface area (Å²) < 4.78 is 0.973. The molecule has 11 heavy (non-hydrogen) atoms. The van der Waals surface area contributed by atoms with Crippen molar-refractivity contribution in [2.24, 2.45) is 0 Å². The van der Waals surface area contributed by atoms with E-state index in [4.69, 9.17) is 10.5 Å². The molecule has 1 aromatic rings. The Morgan fingerprint density at radius 2 is 2.18 bits per heavy atom. The molecule has 2 N–H and O–H groups in total. The van der Waals surface area contributed by atoms with Gasteiger partial charge in [-0.05, 0) is 0 Å². The molecule has 0 heterocycles. The maximum absolute atomic E-state index is 9.10. The average Bonchev–Trinajstić information content (AvgIpc) is 1.94. The first-order chi connectivity index (χ1) is 5.11. The zero-order chi connectivity index (χ0) is 8.43. The standard InChI is InChI=1S/C7H5BrNOSe/c8-5-3-4(7(9)11)1-2-6(5)10/h1-3,9-10H. The zero-order valence-corrected chi connectivity index (χ0v) is 8.76. The Morgan fingerprint density at radius 1 is 1.55 bits per heavy atom. The second kappa shape index (κ2) is 3.39. The number of hydrogen-bond donors (Lipinski definition) is 2. The number of aromatic hydroxyl groups is 1. The predicted molar refractivity (Wildman–Crippen MR) is 48.4 cm³/mol. The van der Waals surface area contributed by atoms with Gasteiger partial charge in [0.2, 0.25) is 0 Å².